The lowest BCUT2D eigenvalue weighted by atomic mass is 10.8. The van der Waals surface area contributed by atoms with Gasteiger partial charge in [0.15, 0.2) is 5.82 Å². The van der Waals surface area contributed by atoms with Crippen LogP contribution in [0, 0.1) is 0 Å². The van der Waals surface area contributed by atoms with Crippen LogP contribution in [0.5, 0.6) is 0 Å². The van der Waals surface area contributed by atoms with Crippen LogP contribution in [0.25, 0.3) is 0 Å². The quantitative estimate of drug-likeness (QED) is 0.413. The van der Waals surface area contributed by atoms with Gasteiger partial charge in [0.05, 0.1) is 6.20 Å². The zero-order chi connectivity index (χ0) is 8.53. The van der Waals surface area contributed by atoms with Crippen molar-refractivity contribution < 1.29 is 14.4 Å². The molecule has 0 N–H and O–H groups in total. The van der Waals surface area contributed by atoms with Crippen LogP contribution in [0.2, 0.25) is 0 Å². The summed E-state index contributed by atoms with van der Waals surface area (Å²) >= 11 is 0. The van der Waals surface area contributed by atoms with E-state index in [1.165, 1.54) is 0 Å². The Kier molecular flexibility index (Phi) is 4.85. The van der Waals surface area contributed by atoms with Crippen LogP contribution in [0.1, 0.15) is 0 Å². The zero-order valence-electron chi connectivity index (χ0n) is 5.14. The van der Waals surface area contributed by atoms with Crippen molar-refractivity contribution in [3.63, 3.8) is 0 Å². The Bertz CT molecular complexity index is 281. The van der Waals surface area contributed by atoms with Crippen molar-refractivity contribution >= 4 is 18.2 Å². The molecule has 0 heterocycles. The van der Waals surface area contributed by atoms with Crippen LogP contribution in [0.3, 0.4) is 0 Å². The van der Waals surface area contributed by atoms with Gasteiger partial charge in [0.1, 0.15) is 0 Å². The first kappa shape index (κ1) is 8.88. The molecule has 6 nitrogen and oxygen atoms in total. The highest BCUT2D eigenvalue weighted by Crippen LogP contribution is 1.94. The van der Waals surface area contributed by atoms with Gasteiger partial charge in [-0.05, 0) is 0 Å². The first-order valence-corrected chi connectivity index (χ1v) is 2.28. The second-order valence-corrected chi connectivity index (χ2v) is 1.11. The van der Waals surface area contributed by atoms with Crippen molar-refractivity contribution in [3.8, 4) is 0 Å². The van der Waals surface area contributed by atoms with Gasteiger partial charge in [0.2, 0.25) is 18.2 Å². The smallest absolute Gasteiger partial charge is 0.211 e. The van der Waals surface area contributed by atoms with Crippen LogP contribution in [0.4, 0.5) is 0 Å². The van der Waals surface area contributed by atoms with E-state index in [-0.39, 0.29) is 5.82 Å². The van der Waals surface area contributed by atoms with Gasteiger partial charge < -0.3 is 0 Å². The third-order valence-corrected chi connectivity index (χ3v) is 0.553. The highest BCUT2D eigenvalue weighted by molar-refractivity contribution is 5.42. The van der Waals surface area contributed by atoms with Crippen molar-refractivity contribution in [2.75, 3.05) is 0 Å². The largest absolute Gasteiger partial charge is 0.242 e. The van der Waals surface area contributed by atoms with E-state index in [0.717, 1.165) is 24.4 Å². The lowest BCUT2D eigenvalue weighted by Crippen LogP contribution is -1.69. The number of hydrogen-bond donors (Lipinski definition) is 0. The summed E-state index contributed by atoms with van der Waals surface area (Å²) in [5, 5.41) is 0. The molecule has 6 heteroatoms. The summed E-state index contributed by atoms with van der Waals surface area (Å²) in [5.41, 5.74) is 0. The predicted octanol–water partition coefficient (Wildman–Crippen LogP) is -0.207. The third kappa shape index (κ3) is 4.39. The lowest BCUT2D eigenvalue weighted by Gasteiger charge is -1.77. The Balaban J connectivity index is 4.71. The zero-order valence-corrected chi connectivity index (χ0v) is 5.14. The van der Waals surface area contributed by atoms with Gasteiger partial charge in [-0.15, -0.1) is 9.98 Å². The van der Waals surface area contributed by atoms with Gasteiger partial charge in [-0.25, -0.2) is 14.4 Å². The molecule has 0 fully saturated rings. The monoisotopic (exact) mass is 151 g/mol. The molecule has 0 aliphatic carbocycles. The molecular weight excluding hydrogens is 150 g/mol. The second kappa shape index (κ2) is 6.01. The number of aliphatic imine (C=N–C) groups is 3. The van der Waals surface area contributed by atoms with Gasteiger partial charge in [0, 0.05) is 0 Å². The van der Waals surface area contributed by atoms with Gasteiger partial charge in [-0.1, -0.05) is 0 Å². The Hall–Kier alpha value is -2.12. The minimum absolute atomic E-state index is 0.349. The number of isocyanates is 3. The molecular formula is C5HN3O3. The van der Waals surface area contributed by atoms with E-state index in [0.29, 0.717) is 0 Å². The summed E-state index contributed by atoms with van der Waals surface area (Å²) in [5.74, 6) is -0.349. The molecule has 0 unspecified atom stereocenters. The molecule has 0 aromatic rings. The summed E-state index contributed by atoms with van der Waals surface area (Å²) < 4.78 is 0. The van der Waals surface area contributed by atoms with E-state index in [1.807, 2.05) is 0 Å². The molecule has 0 aromatic carbocycles. The standard InChI is InChI=1S/C5HN3O3/c9-2-6-1-5(7-3-10)8-4-11/h1H. The van der Waals surface area contributed by atoms with Crippen LogP contribution in [0.15, 0.2) is 27.0 Å². The number of rotatable bonds is 3. The average molecular weight is 151 g/mol. The molecule has 0 rings (SSSR count). The molecule has 0 saturated heterocycles. The van der Waals surface area contributed by atoms with Gasteiger partial charge in [-0.3, -0.25) is 0 Å². The fraction of sp³-hybridized carbons (Fsp3) is 0. The van der Waals surface area contributed by atoms with Gasteiger partial charge >= 0.3 is 0 Å². The van der Waals surface area contributed by atoms with Crippen molar-refractivity contribution in [3.05, 3.63) is 12.0 Å². The summed E-state index contributed by atoms with van der Waals surface area (Å²) in [6.07, 6.45) is 4.13. The molecule has 54 valence electrons. The van der Waals surface area contributed by atoms with Crippen molar-refractivity contribution in [1.29, 1.82) is 0 Å². The maximum atomic E-state index is 9.59. The maximum Gasteiger partial charge on any atom is 0.242 e. The Morgan fingerprint density at radius 1 is 1.00 bits per heavy atom. The normalized spacial score (nSPS) is 6.18. The fourth-order valence-electron chi connectivity index (χ4n) is 0.260. The van der Waals surface area contributed by atoms with E-state index < -0.39 is 0 Å². The van der Waals surface area contributed by atoms with Crippen molar-refractivity contribution in [2.45, 2.75) is 0 Å². The Labute approximate surface area is 60.7 Å². The van der Waals surface area contributed by atoms with E-state index in [9.17, 15) is 14.4 Å². The van der Waals surface area contributed by atoms with Crippen LogP contribution >= 0.6 is 0 Å². The summed E-state index contributed by atoms with van der Waals surface area (Å²) in [7, 11) is 0. The van der Waals surface area contributed by atoms with Gasteiger partial charge in [-0.2, -0.15) is 4.99 Å². The highest BCUT2D eigenvalue weighted by atomic mass is 16.1. The van der Waals surface area contributed by atoms with E-state index >= 15 is 0 Å². The minimum Gasteiger partial charge on any atom is -0.211 e. The van der Waals surface area contributed by atoms with Crippen LogP contribution < -0.4 is 0 Å². The molecule has 0 atom stereocenters. The summed E-state index contributed by atoms with van der Waals surface area (Å²) in [4.78, 5) is 37.4. The van der Waals surface area contributed by atoms with E-state index in [1.54, 1.807) is 0 Å². The number of carbonyl (C=O) groups excluding carboxylic acids is 3. The third-order valence-electron chi connectivity index (χ3n) is 0.553. The Morgan fingerprint density at radius 3 is 1.91 bits per heavy atom. The first-order chi connectivity index (χ1) is 5.35. The van der Waals surface area contributed by atoms with E-state index in [4.69, 9.17) is 0 Å². The summed E-state index contributed by atoms with van der Waals surface area (Å²) in [6, 6.07) is 0. The molecule has 11 heavy (non-hydrogen) atoms. The second-order valence-electron chi connectivity index (χ2n) is 1.11. The maximum absolute atomic E-state index is 9.59. The van der Waals surface area contributed by atoms with Crippen molar-refractivity contribution in [2.24, 2.45) is 15.0 Å². The molecule has 0 aliphatic rings. The lowest BCUT2D eigenvalue weighted by molar-refractivity contribution is 0.561. The molecule has 0 spiro atoms. The molecule has 0 radical (unpaired) electrons. The number of nitrogens with zero attached hydrogens (tertiary/aromatic N) is 3. The number of hydrogen-bond acceptors (Lipinski definition) is 6. The van der Waals surface area contributed by atoms with Crippen LogP contribution in [-0.4, -0.2) is 18.2 Å². The highest BCUT2D eigenvalue weighted by Gasteiger charge is 1.86. The molecule has 0 amide bonds. The Morgan fingerprint density at radius 2 is 1.55 bits per heavy atom. The molecule has 0 aliphatic heterocycles. The summed E-state index contributed by atoms with van der Waals surface area (Å²) in [6.45, 7) is 0. The van der Waals surface area contributed by atoms with Crippen LogP contribution in [-0.2, 0) is 14.4 Å². The molecule has 0 bridgehead atoms. The molecule has 0 aromatic heterocycles. The average Bonchev–Trinajstić information content (AvgIpc) is 2.01. The van der Waals surface area contributed by atoms with Gasteiger partial charge in [0.25, 0.3) is 0 Å². The first-order valence-electron chi connectivity index (χ1n) is 2.28. The SMILES string of the molecule is O=C=NC=C(N=C=O)N=C=O. The van der Waals surface area contributed by atoms with E-state index in [2.05, 4.69) is 15.0 Å². The minimum atomic E-state index is -0.349. The fourth-order valence-corrected chi connectivity index (χ4v) is 0.260. The topological polar surface area (TPSA) is 88.3 Å². The van der Waals surface area contributed by atoms with Crippen molar-refractivity contribution in [1.82, 2.24) is 0 Å². The predicted molar refractivity (Wildman–Crippen MR) is 32.4 cm³/mol. The molecule has 0 saturated carbocycles.